The molecule has 70 valence electrons. The third kappa shape index (κ3) is 1.45. The molecule has 1 aromatic rings. The zero-order valence-corrected chi connectivity index (χ0v) is 7.94. The molecule has 1 aromatic carbocycles. The van der Waals surface area contributed by atoms with E-state index in [0.717, 1.165) is 18.4 Å². The average Bonchev–Trinajstić information content (AvgIpc) is 2.85. The van der Waals surface area contributed by atoms with Crippen molar-refractivity contribution in [3.63, 3.8) is 0 Å². The molecular weight excluding hydrogens is 189 g/mol. The molecule has 0 aliphatic heterocycles. The number of nitrogens with two attached hydrogens (primary N) is 1. The van der Waals surface area contributed by atoms with E-state index in [-0.39, 0.29) is 11.2 Å². The molecule has 0 atom stereocenters. The standard InChI is InChI=1S/C10H11ClFN/c11-9-5-7(12)1-2-8(9)10(6-13)3-4-10/h1-2,5H,3-4,6,13H2. The summed E-state index contributed by atoms with van der Waals surface area (Å²) in [5.41, 5.74) is 6.70. The van der Waals surface area contributed by atoms with Crippen molar-refractivity contribution in [2.75, 3.05) is 6.54 Å². The predicted molar refractivity (Wildman–Crippen MR) is 51.4 cm³/mol. The molecule has 0 bridgehead atoms. The van der Waals surface area contributed by atoms with Crippen LogP contribution < -0.4 is 5.73 Å². The van der Waals surface area contributed by atoms with Gasteiger partial charge in [0.25, 0.3) is 0 Å². The lowest BCUT2D eigenvalue weighted by Gasteiger charge is -2.14. The van der Waals surface area contributed by atoms with E-state index in [1.165, 1.54) is 12.1 Å². The van der Waals surface area contributed by atoms with E-state index in [9.17, 15) is 4.39 Å². The minimum absolute atomic E-state index is 0.0464. The zero-order valence-electron chi connectivity index (χ0n) is 7.19. The summed E-state index contributed by atoms with van der Waals surface area (Å²) in [5.74, 6) is -0.290. The Morgan fingerprint density at radius 2 is 2.15 bits per heavy atom. The maximum Gasteiger partial charge on any atom is 0.124 e. The van der Waals surface area contributed by atoms with Crippen LogP contribution in [-0.2, 0) is 5.41 Å². The summed E-state index contributed by atoms with van der Waals surface area (Å²) in [6.07, 6.45) is 2.13. The number of halogens is 2. The van der Waals surface area contributed by atoms with E-state index in [0.29, 0.717) is 11.6 Å². The van der Waals surface area contributed by atoms with Crippen molar-refractivity contribution in [1.29, 1.82) is 0 Å². The van der Waals surface area contributed by atoms with Crippen LogP contribution in [0.3, 0.4) is 0 Å². The Morgan fingerprint density at radius 3 is 2.62 bits per heavy atom. The Kier molecular flexibility index (Phi) is 2.05. The molecule has 0 radical (unpaired) electrons. The van der Waals surface area contributed by atoms with Gasteiger partial charge in [0.15, 0.2) is 0 Å². The van der Waals surface area contributed by atoms with Crippen molar-refractivity contribution in [1.82, 2.24) is 0 Å². The molecule has 2 rings (SSSR count). The largest absolute Gasteiger partial charge is 0.330 e. The van der Waals surface area contributed by atoms with E-state index >= 15 is 0 Å². The van der Waals surface area contributed by atoms with Gasteiger partial charge in [-0.2, -0.15) is 0 Å². The van der Waals surface area contributed by atoms with Crippen molar-refractivity contribution in [2.45, 2.75) is 18.3 Å². The Hall–Kier alpha value is -0.600. The van der Waals surface area contributed by atoms with E-state index in [1.807, 2.05) is 0 Å². The van der Waals surface area contributed by atoms with Crippen molar-refractivity contribution in [3.8, 4) is 0 Å². The summed E-state index contributed by atoms with van der Waals surface area (Å²) in [5, 5.41) is 0.503. The molecule has 1 aliphatic rings. The van der Waals surface area contributed by atoms with Gasteiger partial charge in [-0.05, 0) is 30.5 Å². The fourth-order valence-corrected chi connectivity index (χ4v) is 2.02. The van der Waals surface area contributed by atoms with Gasteiger partial charge < -0.3 is 5.73 Å². The molecule has 0 heterocycles. The van der Waals surface area contributed by atoms with Gasteiger partial charge in [0.2, 0.25) is 0 Å². The Labute approximate surface area is 81.7 Å². The van der Waals surface area contributed by atoms with Crippen LogP contribution in [0.1, 0.15) is 18.4 Å². The monoisotopic (exact) mass is 199 g/mol. The minimum Gasteiger partial charge on any atom is -0.330 e. The second-order valence-corrected chi connectivity index (χ2v) is 4.02. The number of benzene rings is 1. The quantitative estimate of drug-likeness (QED) is 0.778. The van der Waals surface area contributed by atoms with Crippen LogP contribution in [-0.4, -0.2) is 6.54 Å². The lowest BCUT2D eigenvalue weighted by molar-refractivity contribution is 0.623. The first-order valence-electron chi connectivity index (χ1n) is 4.33. The molecule has 0 aromatic heterocycles. The first-order chi connectivity index (χ1) is 6.18. The summed E-state index contributed by atoms with van der Waals surface area (Å²) >= 11 is 5.94. The van der Waals surface area contributed by atoms with Gasteiger partial charge in [-0.3, -0.25) is 0 Å². The number of rotatable bonds is 2. The Bertz CT molecular complexity index is 334. The second kappa shape index (κ2) is 2.96. The summed E-state index contributed by atoms with van der Waals surface area (Å²) in [4.78, 5) is 0. The lowest BCUT2D eigenvalue weighted by Crippen LogP contribution is -2.20. The van der Waals surface area contributed by atoms with E-state index in [1.54, 1.807) is 6.07 Å². The van der Waals surface area contributed by atoms with Gasteiger partial charge in [0.05, 0.1) is 0 Å². The predicted octanol–water partition coefficient (Wildman–Crippen LogP) is 2.47. The maximum absolute atomic E-state index is 12.7. The fourth-order valence-electron chi connectivity index (χ4n) is 1.65. The van der Waals surface area contributed by atoms with Crippen LogP contribution >= 0.6 is 11.6 Å². The van der Waals surface area contributed by atoms with Gasteiger partial charge in [0, 0.05) is 17.0 Å². The molecule has 2 N–H and O–H groups in total. The summed E-state index contributed by atoms with van der Waals surface area (Å²) in [7, 11) is 0. The van der Waals surface area contributed by atoms with Crippen LogP contribution in [0, 0.1) is 5.82 Å². The normalized spacial score (nSPS) is 18.7. The third-order valence-electron chi connectivity index (χ3n) is 2.75. The van der Waals surface area contributed by atoms with Crippen LogP contribution in [0.5, 0.6) is 0 Å². The van der Waals surface area contributed by atoms with Gasteiger partial charge in [-0.15, -0.1) is 0 Å². The Morgan fingerprint density at radius 1 is 1.46 bits per heavy atom. The van der Waals surface area contributed by atoms with Crippen LogP contribution in [0.2, 0.25) is 5.02 Å². The summed E-state index contributed by atoms with van der Waals surface area (Å²) in [6, 6.07) is 4.54. The topological polar surface area (TPSA) is 26.0 Å². The molecule has 1 saturated carbocycles. The smallest absolute Gasteiger partial charge is 0.124 e. The van der Waals surface area contributed by atoms with Crippen molar-refractivity contribution < 1.29 is 4.39 Å². The first-order valence-corrected chi connectivity index (χ1v) is 4.71. The van der Waals surface area contributed by atoms with Crippen molar-refractivity contribution in [2.24, 2.45) is 5.73 Å². The van der Waals surface area contributed by atoms with Gasteiger partial charge >= 0.3 is 0 Å². The zero-order chi connectivity index (χ0) is 9.47. The Balaban J connectivity index is 2.41. The molecule has 0 saturated heterocycles. The summed E-state index contributed by atoms with van der Waals surface area (Å²) < 4.78 is 12.7. The molecular formula is C10H11ClFN. The number of hydrogen-bond acceptors (Lipinski definition) is 1. The van der Waals surface area contributed by atoms with E-state index < -0.39 is 0 Å². The van der Waals surface area contributed by atoms with Crippen LogP contribution in [0.15, 0.2) is 18.2 Å². The maximum atomic E-state index is 12.7. The van der Waals surface area contributed by atoms with Crippen LogP contribution in [0.25, 0.3) is 0 Å². The van der Waals surface area contributed by atoms with Gasteiger partial charge in [-0.25, -0.2) is 4.39 Å². The third-order valence-corrected chi connectivity index (χ3v) is 3.06. The highest BCUT2D eigenvalue weighted by atomic mass is 35.5. The highest BCUT2D eigenvalue weighted by Crippen LogP contribution is 2.49. The SMILES string of the molecule is NCC1(c2ccc(F)cc2Cl)CC1. The molecule has 0 spiro atoms. The fraction of sp³-hybridized carbons (Fsp3) is 0.400. The number of hydrogen-bond donors (Lipinski definition) is 1. The van der Waals surface area contributed by atoms with E-state index in [4.69, 9.17) is 17.3 Å². The molecule has 0 unspecified atom stereocenters. The van der Waals surface area contributed by atoms with Crippen molar-refractivity contribution >= 4 is 11.6 Å². The lowest BCUT2D eigenvalue weighted by atomic mass is 9.96. The summed E-state index contributed by atoms with van der Waals surface area (Å²) in [6.45, 7) is 0.596. The van der Waals surface area contributed by atoms with Gasteiger partial charge in [-0.1, -0.05) is 17.7 Å². The minimum atomic E-state index is -0.290. The second-order valence-electron chi connectivity index (χ2n) is 3.61. The van der Waals surface area contributed by atoms with E-state index in [2.05, 4.69) is 0 Å². The average molecular weight is 200 g/mol. The molecule has 13 heavy (non-hydrogen) atoms. The van der Waals surface area contributed by atoms with Gasteiger partial charge in [0.1, 0.15) is 5.82 Å². The molecule has 1 fully saturated rings. The molecule has 1 aliphatic carbocycles. The highest BCUT2D eigenvalue weighted by Gasteiger charge is 2.44. The van der Waals surface area contributed by atoms with Crippen molar-refractivity contribution in [3.05, 3.63) is 34.6 Å². The molecule has 0 amide bonds. The van der Waals surface area contributed by atoms with Crippen LogP contribution in [0.4, 0.5) is 4.39 Å². The molecule has 1 nitrogen and oxygen atoms in total. The first kappa shape index (κ1) is 8.97. The highest BCUT2D eigenvalue weighted by molar-refractivity contribution is 6.31. The molecule has 3 heteroatoms.